The van der Waals surface area contributed by atoms with E-state index in [1.54, 1.807) is 62.6 Å². The molecule has 2 N–H and O–H groups in total. The maximum Gasteiger partial charge on any atom is 0.338 e. The molecular formula is C28H26N2O6. The van der Waals surface area contributed by atoms with Gasteiger partial charge in [-0.05, 0) is 61.0 Å². The molecule has 8 nitrogen and oxygen atoms in total. The predicted octanol–water partition coefficient (Wildman–Crippen LogP) is 5.14. The van der Waals surface area contributed by atoms with Crippen LogP contribution in [0.5, 0.6) is 17.4 Å². The average molecular weight is 487 g/mol. The Hall–Kier alpha value is -4.72. The van der Waals surface area contributed by atoms with E-state index in [0.717, 1.165) is 5.56 Å². The molecule has 8 heteroatoms. The Morgan fingerprint density at radius 2 is 1.53 bits per heavy atom. The molecule has 0 unspecified atom stereocenters. The first-order valence-electron chi connectivity index (χ1n) is 11.3. The molecular weight excluding hydrogens is 460 g/mol. The van der Waals surface area contributed by atoms with E-state index < -0.39 is 5.97 Å². The Bertz CT molecular complexity index is 1370. The predicted molar refractivity (Wildman–Crippen MR) is 136 cm³/mol. The number of carbonyl (C=O) groups excluding carboxylic acids is 1. The fourth-order valence-corrected chi connectivity index (χ4v) is 3.94. The fraction of sp³-hybridized carbons (Fsp3) is 0.143. The molecule has 0 spiro atoms. The second-order valence-electron chi connectivity index (χ2n) is 7.72. The number of hydrogen-bond acceptors (Lipinski definition) is 7. The topological polar surface area (TPSA) is 103 Å². The van der Waals surface area contributed by atoms with Crippen LogP contribution in [0.1, 0.15) is 28.4 Å². The number of hydrogen-bond donors (Lipinski definition) is 2. The lowest BCUT2D eigenvalue weighted by Gasteiger charge is -2.14. The second-order valence-corrected chi connectivity index (χ2v) is 7.72. The molecule has 0 saturated heterocycles. The van der Waals surface area contributed by atoms with Gasteiger partial charge in [0.1, 0.15) is 18.6 Å². The molecule has 4 rings (SSSR count). The maximum absolute atomic E-state index is 12.1. The summed E-state index contributed by atoms with van der Waals surface area (Å²) in [6.45, 7) is 2.00. The van der Waals surface area contributed by atoms with Crippen LogP contribution >= 0.6 is 0 Å². The third kappa shape index (κ3) is 4.61. The van der Waals surface area contributed by atoms with Crippen molar-refractivity contribution < 1.29 is 29.3 Å². The van der Waals surface area contributed by atoms with E-state index in [1.165, 1.54) is 11.7 Å². The van der Waals surface area contributed by atoms with Crippen LogP contribution in [0.3, 0.4) is 0 Å². The summed E-state index contributed by atoms with van der Waals surface area (Å²) in [6.07, 6.45) is 0. The van der Waals surface area contributed by atoms with Crippen molar-refractivity contribution in [2.45, 2.75) is 6.92 Å². The number of methoxy groups -OCH3 is 1. The van der Waals surface area contributed by atoms with E-state index in [-0.39, 0.29) is 23.8 Å². The molecule has 0 aliphatic carbocycles. The van der Waals surface area contributed by atoms with Gasteiger partial charge in [0.25, 0.3) is 0 Å². The molecule has 4 aromatic rings. The summed E-state index contributed by atoms with van der Waals surface area (Å²) in [7, 11) is 2.98. The highest BCUT2D eigenvalue weighted by Gasteiger charge is 2.29. The van der Waals surface area contributed by atoms with Crippen LogP contribution in [0.15, 0.2) is 84.0 Å². The molecule has 3 aromatic carbocycles. The van der Waals surface area contributed by atoms with Crippen LogP contribution in [-0.4, -0.2) is 47.3 Å². The molecule has 0 aliphatic rings. The molecule has 36 heavy (non-hydrogen) atoms. The van der Waals surface area contributed by atoms with Crippen LogP contribution in [0.25, 0.3) is 16.9 Å². The molecule has 0 saturated carbocycles. The summed E-state index contributed by atoms with van der Waals surface area (Å²) in [5.41, 5.74) is 3.33. The molecule has 0 aliphatic heterocycles. The Morgan fingerprint density at radius 3 is 2.11 bits per heavy atom. The highest BCUT2D eigenvalue weighted by molar-refractivity contribution is 6.18. The molecule has 0 atom stereocenters. The number of esters is 1. The summed E-state index contributed by atoms with van der Waals surface area (Å²) in [5.74, 6) is -0.535. The van der Waals surface area contributed by atoms with E-state index in [2.05, 4.69) is 5.16 Å². The summed E-state index contributed by atoms with van der Waals surface area (Å²) in [6, 6.07) is 23.0. The normalized spacial score (nSPS) is 11.2. The van der Waals surface area contributed by atoms with Gasteiger partial charge in [-0.2, -0.15) is 0 Å². The molecule has 184 valence electrons. The summed E-state index contributed by atoms with van der Waals surface area (Å²) >= 11 is 0. The zero-order valence-corrected chi connectivity index (χ0v) is 20.1. The number of oxime groups is 1. The second kappa shape index (κ2) is 10.7. The van der Waals surface area contributed by atoms with E-state index in [1.807, 2.05) is 30.3 Å². The number of rotatable bonds is 8. The van der Waals surface area contributed by atoms with Crippen molar-refractivity contribution in [3.05, 3.63) is 95.6 Å². The third-order valence-electron chi connectivity index (χ3n) is 5.59. The van der Waals surface area contributed by atoms with Gasteiger partial charge in [-0.1, -0.05) is 35.5 Å². The van der Waals surface area contributed by atoms with Crippen molar-refractivity contribution in [2.24, 2.45) is 5.16 Å². The van der Waals surface area contributed by atoms with Crippen molar-refractivity contribution in [1.29, 1.82) is 0 Å². The highest BCUT2D eigenvalue weighted by Crippen LogP contribution is 2.44. The zero-order chi connectivity index (χ0) is 25.7. The molecule has 0 radical (unpaired) electrons. The van der Waals surface area contributed by atoms with Crippen molar-refractivity contribution in [2.75, 3.05) is 20.8 Å². The SMILES string of the molecule is CCOC(=O)c1ccc(-n2c(O)c(O)c(C(=NOC)c3ccc(OC)cc3)c2-c2ccccc2)cc1. The Balaban J connectivity index is 1.96. The van der Waals surface area contributed by atoms with Crippen molar-refractivity contribution >= 4 is 11.7 Å². The first-order chi connectivity index (χ1) is 17.5. The van der Waals surface area contributed by atoms with Gasteiger partial charge in [-0.15, -0.1) is 0 Å². The van der Waals surface area contributed by atoms with Crippen LogP contribution in [0, 0.1) is 0 Å². The Morgan fingerprint density at radius 1 is 0.889 bits per heavy atom. The number of carbonyl (C=O) groups is 1. The van der Waals surface area contributed by atoms with Gasteiger partial charge < -0.3 is 24.5 Å². The monoisotopic (exact) mass is 486 g/mol. The number of aromatic hydroxyl groups is 2. The maximum atomic E-state index is 12.1. The molecule has 0 amide bonds. The quantitative estimate of drug-likeness (QED) is 0.203. The number of benzene rings is 3. The smallest absolute Gasteiger partial charge is 0.338 e. The Labute approximate surface area is 208 Å². The number of aromatic nitrogens is 1. The van der Waals surface area contributed by atoms with Crippen molar-refractivity contribution in [1.82, 2.24) is 4.57 Å². The zero-order valence-electron chi connectivity index (χ0n) is 20.1. The van der Waals surface area contributed by atoms with E-state index in [9.17, 15) is 15.0 Å². The standard InChI is InChI=1S/C28H26N2O6/c1-4-36-28(33)20-10-14-21(15-11-20)30-25(19-8-6-5-7-9-19)23(26(31)27(30)32)24(29-35-3)18-12-16-22(34-2)17-13-18/h5-17,31-32H,4H2,1-3H3. The van der Waals surface area contributed by atoms with Gasteiger partial charge in [0.15, 0.2) is 5.75 Å². The lowest BCUT2D eigenvalue weighted by molar-refractivity contribution is 0.0526. The van der Waals surface area contributed by atoms with E-state index >= 15 is 0 Å². The van der Waals surface area contributed by atoms with Crippen LogP contribution < -0.4 is 4.74 Å². The fourth-order valence-electron chi connectivity index (χ4n) is 3.94. The summed E-state index contributed by atoms with van der Waals surface area (Å²) in [5, 5.41) is 26.5. The minimum atomic E-state index is -0.443. The molecule has 1 aromatic heterocycles. The van der Waals surface area contributed by atoms with Gasteiger partial charge in [0.05, 0.1) is 30.5 Å². The molecule has 0 fully saturated rings. The summed E-state index contributed by atoms with van der Waals surface area (Å²) in [4.78, 5) is 17.3. The van der Waals surface area contributed by atoms with Crippen molar-refractivity contribution in [3.8, 4) is 34.3 Å². The van der Waals surface area contributed by atoms with E-state index in [4.69, 9.17) is 14.3 Å². The highest BCUT2D eigenvalue weighted by atomic mass is 16.6. The first kappa shape index (κ1) is 24.4. The van der Waals surface area contributed by atoms with Crippen LogP contribution in [0.4, 0.5) is 0 Å². The average Bonchev–Trinajstić information content (AvgIpc) is 3.18. The van der Waals surface area contributed by atoms with Crippen LogP contribution in [-0.2, 0) is 9.57 Å². The number of ether oxygens (including phenoxy) is 2. The van der Waals surface area contributed by atoms with E-state index in [0.29, 0.717) is 34.0 Å². The third-order valence-corrected chi connectivity index (χ3v) is 5.59. The van der Waals surface area contributed by atoms with Gasteiger partial charge in [-0.3, -0.25) is 4.57 Å². The largest absolute Gasteiger partial charge is 0.503 e. The Kier molecular flexibility index (Phi) is 7.25. The minimum absolute atomic E-state index is 0.265. The molecule has 1 heterocycles. The van der Waals surface area contributed by atoms with Gasteiger partial charge >= 0.3 is 5.97 Å². The number of nitrogens with zero attached hydrogens (tertiary/aromatic N) is 2. The lowest BCUT2D eigenvalue weighted by Crippen LogP contribution is -2.08. The lowest BCUT2D eigenvalue weighted by atomic mass is 9.98. The van der Waals surface area contributed by atoms with Crippen molar-refractivity contribution in [3.63, 3.8) is 0 Å². The molecule has 0 bridgehead atoms. The van der Waals surface area contributed by atoms with Gasteiger partial charge in [-0.25, -0.2) is 4.79 Å². The first-order valence-corrected chi connectivity index (χ1v) is 11.3. The van der Waals surface area contributed by atoms with Gasteiger partial charge in [0.2, 0.25) is 5.88 Å². The van der Waals surface area contributed by atoms with Crippen LogP contribution in [0.2, 0.25) is 0 Å². The van der Waals surface area contributed by atoms with Gasteiger partial charge in [0, 0.05) is 11.3 Å². The minimum Gasteiger partial charge on any atom is -0.503 e. The summed E-state index contributed by atoms with van der Waals surface area (Å²) < 4.78 is 11.8.